The van der Waals surface area contributed by atoms with E-state index in [4.69, 9.17) is 4.42 Å². The molecular formula is C24H23F3N6O2. The van der Waals surface area contributed by atoms with E-state index in [1.807, 2.05) is 37.3 Å². The first-order chi connectivity index (χ1) is 16.7. The minimum atomic E-state index is -4.55. The van der Waals surface area contributed by atoms with Crippen LogP contribution in [0.5, 0.6) is 0 Å². The predicted octanol–water partition coefficient (Wildman–Crippen LogP) is 5.25. The highest BCUT2D eigenvalue weighted by Gasteiger charge is 2.47. The van der Waals surface area contributed by atoms with E-state index in [9.17, 15) is 18.0 Å². The van der Waals surface area contributed by atoms with Crippen molar-refractivity contribution in [3.05, 3.63) is 83.2 Å². The summed E-state index contributed by atoms with van der Waals surface area (Å²) in [7, 11) is 0. The number of rotatable bonds is 5. The SMILES string of the molecule is Cc1nn(Cc2ccccc2)c(C)c1NC(=O)c1cc2n(n1)[C@H](C(F)(F)F)C[C@@H](c1ccco1)N2. The van der Waals surface area contributed by atoms with Gasteiger partial charge in [-0.05, 0) is 31.5 Å². The maximum atomic E-state index is 13.8. The van der Waals surface area contributed by atoms with Gasteiger partial charge in [-0.25, -0.2) is 4.68 Å². The Morgan fingerprint density at radius 1 is 1.17 bits per heavy atom. The second-order valence-corrected chi connectivity index (χ2v) is 8.51. The Morgan fingerprint density at radius 3 is 2.63 bits per heavy atom. The van der Waals surface area contributed by atoms with E-state index >= 15 is 0 Å². The molecule has 1 amide bonds. The van der Waals surface area contributed by atoms with E-state index in [0.29, 0.717) is 23.7 Å². The van der Waals surface area contributed by atoms with Gasteiger partial charge < -0.3 is 15.1 Å². The fraction of sp³-hybridized carbons (Fsp3) is 0.292. The maximum absolute atomic E-state index is 13.8. The zero-order valence-corrected chi connectivity index (χ0v) is 19.0. The van der Waals surface area contributed by atoms with Gasteiger partial charge in [0.2, 0.25) is 0 Å². The molecule has 3 aromatic heterocycles. The van der Waals surface area contributed by atoms with Gasteiger partial charge in [-0.1, -0.05) is 30.3 Å². The normalized spacial score (nSPS) is 17.6. The Hall–Kier alpha value is -4.02. The second-order valence-electron chi connectivity index (χ2n) is 8.51. The van der Waals surface area contributed by atoms with Gasteiger partial charge in [-0.2, -0.15) is 23.4 Å². The summed E-state index contributed by atoms with van der Waals surface area (Å²) < 4.78 is 49.5. The highest BCUT2D eigenvalue weighted by Crippen LogP contribution is 2.43. The molecule has 182 valence electrons. The molecule has 0 fully saturated rings. The van der Waals surface area contributed by atoms with E-state index in [1.165, 1.54) is 12.3 Å². The third kappa shape index (κ3) is 4.41. The molecule has 0 radical (unpaired) electrons. The van der Waals surface area contributed by atoms with Gasteiger partial charge >= 0.3 is 6.18 Å². The Kier molecular flexibility index (Phi) is 5.62. The number of hydrogen-bond acceptors (Lipinski definition) is 5. The van der Waals surface area contributed by atoms with E-state index < -0.39 is 24.2 Å². The molecule has 0 saturated heterocycles. The summed E-state index contributed by atoms with van der Waals surface area (Å²) in [6, 6.07) is 11.7. The van der Waals surface area contributed by atoms with Gasteiger partial charge in [0.15, 0.2) is 11.7 Å². The first kappa shape index (κ1) is 22.8. The average molecular weight is 484 g/mol. The number of aromatic nitrogens is 4. The van der Waals surface area contributed by atoms with Crippen LogP contribution in [-0.2, 0) is 6.54 Å². The summed E-state index contributed by atoms with van der Waals surface area (Å²) in [4.78, 5) is 13.0. The van der Waals surface area contributed by atoms with Crippen molar-refractivity contribution in [2.45, 2.75) is 45.1 Å². The zero-order chi connectivity index (χ0) is 24.7. The van der Waals surface area contributed by atoms with Crippen LogP contribution in [0.1, 0.15) is 51.7 Å². The maximum Gasteiger partial charge on any atom is 0.410 e. The standard InChI is InChI=1S/C24H23F3N6O2/c1-14-22(15(2)32(30-14)13-16-7-4-3-5-8-16)29-23(34)18-12-21-28-17(19-9-6-10-35-19)11-20(24(25,26)27)33(21)31-18/h3-10,12,17,20,28H,11,13H2,1-2H3,(H,29,34)/t17-,20-/m0/s1. The van der Waals surface area contributed by atoms with Crippen LogP contribution in [0.25, 0.3) is 0 Å². The number of alkyl halides is 3. The summed E-state index contributed by atoms with van der Waals surface area (Å²) in [6.45, 7) is 4.11. The number of hydrogen-bond donors (Lipinski definition) is 2. The number of nitrogens with zero attached hydrogens (tertiary/aromatic N) is 4. The molecule has 4 aromatic rings. The Bertz CT molecular complexity index is 1340. The van der Waals surface area contributed by atoms with Crippen LogP contribution in [0.4, 0.5) is 24.7 Å². The number of aryl methyl sites for hydroxylation is 1. The number of fused-ring (bicyclic) bond motifs is 1. The monoisotopic (exact) mass is 484 g/mol. The van der Waals surface area contributed by atoms with Gasteiger partial charge in [0.05, 0.1) is 35.9 Å². The number of furan rings is 1. The van der Waals surface area contributed by atoms with Crippen molar-refractivity contribution in [2.24, 2.45) is 0 Å². The first-order valence-corrected chi connectivity index (χ1v) is 11.1. The molecule has 8 nitrogen and oxygen atoms in total. The van der Waals surface area contributed by atoms with Gasteiger partial charge in [0, 0.05) is 12.5 Å². The van der Waals surface area contributed by atoms with E-state index in [0.717, 1.165) is 15.9 Å². The number of anilines is 2. The van der Waals surface area contributed by atoms with Crippen molar-refractivity contribution >= 4 is 17.4 Å². The molecule has 4 heterocycles. The summed E-state index contributed by atoms with van der Waals surface area (Å²) in [6.07, 6.45) is -3.45. The molecule has 0 unspecified atom stereocenters. The number of carbonyl (C=O) groups excluding carboxylic acids is 1. The molecule has 0 saturated carbocycles. The van der Waals surface area contributed by atoms with Gasteiger partial charge in [-0.3, -0.25) is 9.48 Å². The minimum absolute atomic E-state index is 0.0957. The lowest BCUT2D eigenvalue weighted by atomic mass is 10.0. The van der Waals surface area contributed by atoms with Crippen molar-refractivity contribution in [1.29, 1.82) is 0 Å². The number of benzene rings is 1. The minimum Gasteiger partial charge on any atom is -0.467 e. The van der Waals surface area contributed by atoms with Crippen LogP contribution in [0.2, 0.25) is 0 Å². The first-order valence-electron chi connectivity index (χ1n) is 11.1. The van der Waals surface area contributed by atoms with Crippen molar-refractivity contribution in [1.82, 2.24) is 19.6 Å². The van der Waals surface area contributed by atoms with Crippen LogP contribution >= 0.6 is 0 Å². The van der Waals surface area contributed by atoms with Crippen LogP contribution in [0.15, 0.2) is 59.2 Å². The lowest BCUT2D eigenvalue weighted by molar-refractivity contribution is -0.174. The zero-order valence-electron chi connectivity index (χ0n) is 19.0. The lowest BCUT2D eigenvalue weighted by Crippen LogP contribution is -2.35. The molecule has 2 N–H and O–H groups in total. The molecule has 1 aliphatic heterocycles. The van der Waals surface area contributed by atoms with E-state index in [1.54, 1.807) is 23.7 Å². The third-order valence-corrected chi connectivity index (χ3v) is 6.10. The number of carbonyl (C=O) groups is 1. The molecular weight excluding hydrogens is 461 g/mol. The molecule has 1 aliphatic rings. The van der Waals surface area contributed by atoms with Gasteiger partial charge in [0.1, 0.15) is 11.6 Å². The Balaban J connectivity index is 1.40. The molecule has 11 heteroatoms. The second kappa shape index (κ2) is 8.64. The predicted molar refractivity (Wildman–Crippen MR) is 122 cm³/mol. The molecule has 0 spiro atoms. The quantitative estimate of drug-likeness (QED) is 0.404. The smallest absolute Gasteiger partial charge is 0.410 e. The van der Waals surface area contributed by atoms with Crippen LogP contribution < -0.4 is 10.6 Å². The molecule has 5 rings (SSSR count). The molecule has 1 aromatic carbocycles. The van der Waals surface area contributed by atoms with Crippen molar-refractivity contribution in [2.75, 3.05) is 10.6 Å². The van der Waals surface area contributed by atoms with Crippen LogP contribution in [-0.4, -0.2) is 31.6 Å². The highest BCUT2D eigenvalue weighted by atomic mass is 19.4. The summed E-state index contributed by atoms with van der Waals surface area (Å²) in [5, 5.41) is 14.3. The Morgan fingerprint density at radius 2 is 1.94 bits per heavy atom. The number of halogens is 3. The fourth-order valence-electron chi connectivity index (χ4n) is 4.33. The van der Waals surface area contributed by atoms with E-state index in [-0.39, 0.29) is 17.9 Å². The van der Waals surface area contributed by atoms with Gasteiger partial charge in [-0.15, -0.1) is 0 Å². The largest absolute Gasteiger partial charge is 0.467 e. The number of amides is 1. The van der Waals surface area contributed by atoms with Crippen LogP contribution in [0, 0.1) is 13.8 Å². The topological polar surface area (TPSA) is 89.9 Å². The van der Waals surface area contributed by atoms with Crippen molar-refractivity contribution in [3.8, 4) is 0 Å². The highest BCUT2D eigenvalue weighted by molar-refractivity contribution is 6.04. The van der Waals surface area contributed by atoms with Gasteiger partial charge in [0.25, 0.3) is 5.91 Å². The summed E-state index contributed by atoms with van der Waals surface area (Å²) in [5.74, 6) is -0.136. The lowest BCUT2D eigenvalue weighted by Gasteiger charge is -2.32. The molecule has 0 bridgehead atoms. The average Bonchev–Trinajstić information content (AvgIpc) is 3.55. The van der Waals surface area contributed by atoms with Crippen molar-refractivity contribution in [3.63, 3.8) is 0 Å². The summed E-state index contributed by atoms with van der Waals surface area (Å²) >= 11 is 0. The molecule has 35 heavy (non-hydrogen) atoms. The molecule has 2 atom stereocenters. The summed E-state index contributed by atoms with van der Waals surface area (Å²) in [5.41, 5.74) is 2.75. The number of nitrogens with one attached hydrogen (secondary N) is 2. The third-order valence-electron chi connectivity index (χ3n) is 6.10. The Labute approximate surface area is 198 Å². The van der Waals surface area contributed by atoms with Crippen LogP contribution in [0.3, 0.4) is 0 Å². The molecule has 0 aliphatic carbocycles. The fourth-order valence-corrected chi connectivity index (χ4v) is 4.33. The van der Waals surface area contributed by atoms with Crippen molar-refractivity contribution < 1.29 is 22.4 Å². The van der Waals surface area contributed by atoms with E-state index in [2.05, 4.69) is 20.8 Å².